The van der Waals surface area contributed by atoms with Crippen molar-refractivity contribution in [1.29, 1.82) is 0 Å². The van der Waals surface area contributed by atoms with Gasteiger partial charge in [0.25, 0.3) is 0 Å². The van der Waals surface area contributed by atoms with Gasteiger partial charge in [-0.15, -0.1) is 0 Å². The quantitative estimate of drug-likeness (QED) is 0.869. The van der Waals surface area contributed by atoms with E-state index in [4.69, 9.17) is 5.73 Å². The molecule has 1 aromatic rings. The molecule has 0 bridgehead atoms. The van der Waals surface area contributed by atoms with E-state index in [0.29, 0.717) is 25.2 Å². The predicted octanol–water partition coefficient (Wildman–Crippen LogP) is 0.847. The highest BCUT2D eigenvalue weighted by Gasteiger charge is 2.27. The van der Waals surface area contributed by atoms with Gasteiger partial charge < -0.3 is 11.1 Å². The van der Waals surface area contributed by atoms with E-state index < -0.39 is 0 Å². The highest BCUT2D eigenvalue weighted by Crippen LogP contribution is 2.18. The van der Waals surface area contributed by atoms with Crippen molar-refractivity contribution < 1.29 is 9.18 Å². The molecule has 0 spiro atoms. The first-order valence-corrected chi connectivity index (χ1v) is 6.55. The SMILES string of the molecule is NC(=O)C1CNCCN1Cc1cc(Br)ccc1F. The van der Waals surface area contributed by atoms with Gasteiger partial charge in [-0.25, -0.2) is 4.39 Å². The lowest BCUT2D eigenvalue weighted by Crippen LogP contribution is -2.56. The molecule has 0 saturated carbocycles. The molecule has 1 aliphatic heterocycles. The molecule has 4 nitrogen and oxygen atoms in total. The van der Waals surface area contributed by atoms with Crippen LogP contribution >= 0.6 is 15.9 Å². The van der Waals surface area contributed by atoms with Gasteiger partial charge in [0.1, 0.15) is 11.9 Å². The monoisotopic (exact) mass is 315 g/mol. The lowest BCUT2D eigenvalue weighted by Gasteiger charge is -2.34. The smallest absolute Gasteiger partial charge is 0.236 e. The Morgan fingerprint density at radius 2 is 2.39 bits per heavy atom. The average Bonchev–Trinajstić information content (AvgIpc) is 2.34. The van der Waals surface area contributed by atoms with Crippen LogP contribution in [0.15, 0.2) is 22.7 Å². The number of nitrogens with two attached hydrogens (primary N) is 1. The number of benzene rings is 1. The summed E-state index contributed by atoms with van der Waals surface area (Å²) in [5.74, 6) is -0.641. The molecule has 1 unspecified atom stereocenters. The molecule has 3 N–H and O–H groups in total. The Bertz CT molecular complexity index is 455. The maximum Gasteiger partial charge on any atom is 0.236 e. The minimum Gasteiger partial charge on any atom is -0.368 e. The molecule has 18 heavy (non-hydrogen) atoms. The van der Waals surface area contributed by atoms with Gasteiger partial charge in [0.05, 0.1) is 0 Å². The Morgan fingerprint density at radius 1 is 1.61 bits per heavy atom. The number of hydrogen-bond donors (Lipinski definition) is 2. The summed E-state index contributed by atoms with van der Waals surface area (Å²) < 4.78 is 14.5. The lowest BCUT2D eigenvalue weighted by atomic mass is 10.1. The summed E-state index contributed by atoms with van der Waals surface area (Å²) in [6.45, 7) is 2.37. The largest absolute Gasteiger partial charge is 0.368 e. The Morgan fingerprint density at radius 3 is 3.11 bits per heavy atom. The number of nitrogens with zero attached hydrogens (tertiary/aromatic N) is 1. The van der Waals surface area contributed by atoms with Crippen LogP contribution in [0.5, 0.6) is 0 Å². The number of nitrogens with one attached hydrogen (secondary N) is 1. The van der Waals surface area contributed by atoms with Crippen molar-refractivity contribution in [3.63, 3.8) is 0 Å². The normalized spacial score (nSPS) is 20.9. The van der Waals surface area contributed by atoms with E-state index in [1.807, 2.05) is 4.90 Å². The summed E-state index contributed by atoms with van der Waals surface area (Å²) in [6, 6.07) is 4.43. The van der Waals surface area contributed by atoms with Crippen molar-refractivity contribution in [2.24, 2.45) is 5.73 Å². The fourth-order valence-corrected chi connectivity index (χ4v) is 2.51. The number of piperazine rings is 1. The van der Waals surface area contributed by atoms with Crippen LogP contribution in [0.1, 0.15) is 5.56 Å². The van der Waals surface area contributed by atoms with Gasteiger partial charge in [0, 0.05) is 36.2 Å². The van der Waals surface area contributed by atoms with Crippen LogP contribution in [-0.4, -0.2) is 36.5 Å². The standard InChI is InChI=1S/C12H15BrFN3O/c13-9-1-2-10(14)8(5-9)7-17-4-3-16-6-11(17)12(15)18/h1-2,5,11,16H,3-4,6-7H2,(H2,15,18). The third-order valence-electron chi connectivity index (χ3n) is 3.06. The topological polar surface area (TPSA) is 58.4 Å². The molecular weight excluding hydrogens is 301 g/mol. The van der Waals surface area contributed by atoms with Crippen LogP contribution in [0.2, 0.25) is 0 Å². The molecule has 1 saturated heterocycles. The summed E-state index contributed by atoms with van der Waals surface area (Å²) in [5, 5.41) is 3.11. The first-order chi connectivity index (χ1) is 8.58. The number of carbonyl (C=O) groups is 1. The third-order valence-corrected chi connectivity index (χ3v) is 3.56. The molecule has 2 rings (SSSR count). The molecule has 1 aromatic carbocycles. The number of primary amides is 1. The van der Waals surface area contributed by atoms with Gasteiger partial charge >= 0.3 is 0 Å². The van der Waals surface area contributed by atoms with E-state index in [9.17, 15) is 9.18 Å². The van der Waals surface area contributed by atoms with Crippen LogP contribution in [0.3, 0.4) is 0 Å². The van der Waals surface area contributed by atoms with E-state index in [-0.39, 0.29) is 17.8 Å². The zero-order chi connectivity index (χ0) is 13.1. The summed E-state index contributed by atoms with van der Waals surface area (Å²) in [7, 11) is 0. The summed E-state index contributed by atoms with van der Waals surface area (Å²) >= 11 is 3.32. The Labute approximate surface area is 113 Å². The Balaban J connectivity index is 2.15. The highest BCUT2D eigenvalue weighted by molar-refractivity contribution is 9.10. The minimum absolute atomic E-state index is 0.264. The second kappa shape index (κ2) is 5.77. The Hall–Kier alpha value is -0.980. The van der Waals surface area contributed by atoms with Gasteiger partial charge in [0.15, 0.2) is 0 Å². The fraction of sp³-hybridized carbons (Fsp3) is 0.417. The summed E-state index contributed by atoms with van der Waals surface area (Å²) in [5.41, 5.74) is 5.92. The molecule has 1 atom stereocenters. The maximum atomic E-state index is 13.7. The molecule has 0 aliphatic carbocycles. The number of rotatable bonds is 3. The molecule has 6 heteroatoms. The number of amides is 1. The van der Waals surface area contributed by atoms with Crippen LogP contribution in [0.25, 0.3) is 0 Å². The Kier molecular flexibility index (Phi) is 4.31. The van der Waals surface area contributed by atoms with E-state index in [1.54, 1.807) is 12.1 Å². The van der Waals surface area contributed by atoms with Crippen molar-refractivity contribution in [1.82, 2.24) is 10.2 Å². The zero-order valence-corrected chi connectivity index (χ0v) is 11.4. The summed E-state index contributed by atoms with van der Waals surface area (Å²) in [4.78, 5) is 13.3. The molecule has 98 valence electrons. The third kappa shape index (κ3) is 3.07. The van der Waals surface area contributed by atoms with E-state index in [2.05, 4.69) is 21.2 Å². The van der Waals surface area contributed by atoms with Crippen LogP contribution in [0, 0.1) is 5.82 Å². The van der Waals surface area contributed by atoms with Crippen LogP contribution in [0.4, 0.5) is 4.39 Å². The maximum absolute atomic E-state index is 13.7. The van der Waals surface area contributed by atoms with Gasteiger partial charge in [-0.2, -0.15) is 0 Å². The fourth-order valence-electron chi connectivity index (χ4n) is 2.10. The number of halogens is 2. The number of carbonyl (C=O) groups excluding carboxylic acids is 1. The van der Waals surface area contributed by atoms with Crippen molar-refractivity contribution >= 4 is 21.8 Å². The zero-order valence-electron chi connectivity index (χ0n) is 9.83. The first-order valence-electron chi connectivity index (χ1n) is 5.76. The lowest BCUT2D eigenvalue weighted by molar-refractivity contribution is -0.124. The van der Waals surface area contributed by atoms with Gasteiger partial charge in [-0.3, -0.25) is 9.69 Å². The van der Waals surface area contributed by atoms with Crippen molar-refractivity contribution in [2.45, 2.75) is 12.6 Å². The van der Waals surface area contributed by atoms with Crippen molar-refractivity contribution in [3.05, 3.63) is 34.1 Å². The van der Waals surface area contributed by atoms with E-state index in [1.165, 1.54) is 6.07 Å². The van der Waals surface area contributed by atoms with Gasteiger partial charge in [-0.1, -0.05) is 15.9 Å². The molecule has 1 amide bonds. The predicted molar refractivity (Wildman–Crippen MR) is 70.4 cm³/mol. The first kappa shape index (κ1) is 13.5. The molecule has 0 aromatic heterocycles. The molecular formula is C12H15BrFN3O. The number of hydrogen-bond acceptors (Lipinski definition) is 3. The van der Waals surface area contributed by atoms with Gasteiger partial charge in [0.2, 0.25) is 5.91 Å². The van der Waals surface area contributed by atoms with E-state index in [0.717, 1.165) is 11.0 Å². The second-order valence-corrected chi connectivity index (χ2v) is 5.24. The van der Waals surface area contributed by atoms with Crippen LogP contribution in [-0.2, 0) is 11.3 Å². The van der Waals surface area contributed by atoms with Gasteiger partial charge in [-0.05, 0) is 18.2 Å². The van der Waals surface area contributed by atoms with Crippen molar-refractivity contribution in [3.8, 4) is 0 Å². The van der Waals surface area contributed by atoms with Crippen LogP contribution < -0.4 is 11.1 Å². The molecule has 1 fully saturated rings. The molecule has 1 aliphatic rings. The molecule has 0 radical (unpaired) electrons. The molecule has 1 heterocycles. The highest BCUT2D eigenvalue weighted by atomic mass is 79.9. The van der Waals surface area contributed by atoms with E-state index >= 15 is 0 Å². The second-order valence-electron chi connectivity index (χ2n) is 4.33. The summed E-state index contributed by atoms with van der Waals surface area (Å²) in [6.07, 6.45) is 0. The minimum atomic E-state index is -0.378. The average molecular weight is 316 g/mol. The van der Waals surface area contributed by atoms with Crippen molar-refractivity contribution in [2.75, 3.05) is 19.6 Å².